The minimum absolute atomic E-state index is 0.107. The molecule has 0 bridgehead atoms. The number of amides is 1. The number of phenolic OH excluding ortho intramolecular Hbond substituents is 1. The van der Waals surface area contributed by atoms with E-state index in [-0.39, 0.29) is 29.9 Å². The largest absolute Gasteiger partial charge is 0.507 e. The summed E-state index contributed by atoms with van der Waals surface area (Å²) >= 11 is 3.51. The summed E-state index contributed by atoms with van der Waals surface area (Å²) in [6, 6.07) is 7.97. The molecule has 2 aromatic carbocycles. The summed E-state index contributed by atoms with van der Waals surface area (Å²) in [6.45, 7) is 3.14. The number of nitrogens with zero attached hydrogens (tertiary/aromatic N) is 1. The molecule has 1 N–H and O–H groups in total. The third kappa shape index (κ3) is 4.95. The van der Waals surface area contributed by atoms with Crippen molar-refractivity contribution in [2.24, 2.45) is 0 Å². The second-order valence-electron chi connectivity index (χ2n) is 7.16. The van der Waals surface area contributed by atoms with E-state index >= 15 is 0 Å². The van der Waals surface area contributed by atoms with Crippen molar-refractivity contribution in [2.75, 3.05) is 26.9 Å². The summed E-state index contributed by atoms with van der Waals surface area (Å²) in [5.74, 6) is 1.09. The van der Waals surface area contributed by atoms with Gasteiger partial charge in [0.25, 0.3) is 5.91 Å². The highest BCUT2D eigenvalue weighted by atomic mass is 79.9. The number of methoxy groups -OCH3 is 1. The van der Waals surface area contributed by atoms with Crippen molar-refractivity contribution in [1.82, 2.24) is 4.90 Å². The molecule has 1 fully saturated rings. The Morgan fingerprint density at radius 1 is 1.23 bits per heavy atom. The summed E-state index contributed by atoms with van der Waals surface area (Å²) < 4.78 is 17.4. The van der Waals surface area contributed by atoms with E-state index in [1.54, 1.807) is 36.3 Å². The summed E-state index contributed by atoms with van der Waals surface area (Å²) in [6.07, 6.45) is 3.23. The van der Waals surface area contributed by atoms with Gasteiger partial charge in [0, 0.05) is 6.54 Å². The van der Waals surface area contributed by atoms with E-state index in [1.807, 2.05) is 6.92 Å². The fraction of sp³-hybridized carbons (Fsp3) is 0.391. The lowest BCUT2D eigenvalue weighted by atomic mass is 10.0. The Labute approximate surface area is 190 Å². The maximum atomic E-state index is 13.4. The Balaban J connectivity index is 1.82. The van der Waals surface area contributed by atoms with Crippen LogP contribution >= 0.6 is 15.9 Å². The van der Waals surface area contributed by atoms with Gasteiger partial charge in [-0.2, -0.15) is 0 Å². The molecule has 1 aliphatic rings. The number of benzene rings is 2. The molecular weight excluding hydrogens is 466 g/mol. The van der Waals surface area contributed by atoms with E-state index in [2.05, 4.69) is 15.9 Å². The number of aldehydes is 1. The van der Waals surface area contributed by atoms with Crippen LogP contribution in [-0.2, 0) is 0 Å². The zero-order valence-corrected chi connectivity index (χ0v) is 19.2. The molecule has 8 heteroatoms. The van der Waals surface area contributed by atoms with Gasteiger partial charge in [0.05, 0.1) is 35.4 Å². The lowest BCUT2D eigenvalue weighted by Crippen LogP contribution is -2.46. The molecule has 1 saturated heterocycles. The van der Waals surface area contributed by atoms with Crippen LogP contribution in [0.1, 0.15) is 46.9 Å². The molecule has 0 spiro atoms. The molecule has 31 heavy (non-hydrogen) atoms. The van der Waals surface area contributed by atoms with Gasteiger partial charge in [0.15, 0.2) is 17.8 Å². The molecule has 0 aromatic heterocycles. The number of rotatable bonds is 8. The Hall–Kier alpha value is -2.74. The van der Waals surface area contributed by atoms with Crippen molar-refractivity contribution in [1.29, 1.82) is 0 Å². The van der Waals surface area contributed by atoms with Crippen LogP contribution in [0, 0.1) is 0 Å². The first-order valence-corrected chi connectivity index (χ1v) is 11.0. The summed E-state index contributed by atoms with van der Waals surface area (Å²) in [4.78, 5) is 26.5. The van der Waals surface area contributed by atoms with Gasteiger partial charge in [-0.05, 0) is 66.4 Å². The maximum Gasteiger partial charge on any atom is 0.255 e. The van der Waals surface area contributed by atoms with Crippen molar-refractivity contribution in [3.63, 3.8) is 0 Å². The van der Waals surface area contributed by atoms with Crippen LogP contribution in [0.15, 0.2) is 34.8 Å². The van der Waals surface area contributed by atoms with E-state index in [4.69, 9.17) is 14.2 Å². The lowest BCUT2D eigenvalue weighted by molar-refractivity contribution is 0.0525. The molecule has 1 amide bonds. The van der Waals surface area contributed by atoms with E-state index in [9.17, 15) is 14.7 Å². The van der Waals surface area contributed by atoms with Crippen molar-refractivity contribution >= 4 is 28.1 Å². The first kappa shape index (κ1) is 22.9. The van der Waals surface area contributed by atoms with Crippen LogP contribution in [0.4, 0.5) is 0 Å². The predicted octanol–water partition coefficient (Wildman–Crippen LogP) is 4.45. The SMILES string of the molecule is CCOc1c(OC)ccc(C(=O)N2CCCCC2COc2cccc(O)c2C=O)c1Br. The second kappa shape index (κ2) is 10.5. The van der Waals surface area contributed by atoms with Gasteiger partial charge in [-0.25, -0.2) is 0 Å². The number of likely N-dealkylation sites (tertiary alicyclic amines) is 1. The third-order valence-electron chi connectivity index (χ3n) is 5.28. The highest BCUT2D eigenvalue weighted by molar-refractivity contribution is 9.10. The number of hydrogen-bond acceptors (Lipinski definition) is 6. The molecule has 166 valence electrons. The van der Waals surface area contributed by atoms with Gasteiger partial charge in [0.2, 0.25) is 0 Å². The maximum absolute atomic E-state index is 13.4. The lowest BCUT2D eigenvalue weighted by Gasteiger charge is -2.36. The minimum Gasteiger partial charge on any atom is -0.507 e. The monoisotopic (exact) mass is 491 g/mol. The summed E-state index contributed by atoms with van der Waals surface area (Å²) in [5.41, 5.74) is 0.595. The highest BCUT2D eigenvalue weighted by Gasteiger charge is 2.30. The average Bonchev–Trinajstić information content (AvgIpc) is 2.79. The zero-order chi connectivity index (χ0) is 22.4. The molecule has 1 heterocycles. The molecule has 2 aromatic rings. The van der Waals surface area contributed by atoms with Crippen LogP contribution in [0.3, 0.4) is 0 Å². The standard InChI is InChI=1S/C23H26BrNO6/c1-3-30-22-20(29-2)11-10-16(21(22)24)23(28)25-12-5-4-7-15(25)14-31-19-9-6-8-18(27)17(19)13-26/h6,8-11,13,15,27H,3-5,7,12,14H2,1-2H3. The topological polar surface area (TPSA) is 85.3 Å². The zero-order valence-electron chi connectivity index (χ0n) is 17.6. The van der Waals surface area contributed by atoms with Gasteiger partial charge < -0.3 is 24.2 Å². The summed E-state index contributed by atoms with van der Waals surface area (Å²) in [7, 11) is 1.55. The average molecular weight is 492 g/mol. The van der Waals surface area contributed by atoms with Gasteiger partial charge >= 0.3 is 0 Å². The molecule has 0 aliphatic carbocycles. The molecule has 3 rings (SSSR count). The first-order chi connectivity index (χ1) is 15.0. The highest BCUT2D eigenvalue weighted by Crippen LogP contribution is 2.39. The number of aromatic hydroxyl groups is 1. The fourth-order valence-electron chi connectivity index (χ4n) is 3.70. The third-order valence-corrected chi connectivity index (χ3v) is 6.07. The van der Waals surface area contributed by atoms with Crippen molar-refractivity contribution in [2.45, 2.75) is 32.2 Å². The van der Waals surface area contributed by atoms with Crippen LogP contribution in [0.5, 0.6) is 23.0 Å². The summed E-state index contributed by atoms with van der Waals surface area (Å²) in [5, 5.41) is 9.86. The van der Waals surface area contributed by atoms with Crippen molar-refractivity contribution < 1.29 is 28.9 Å². The van der Waals surface area contributed by atoms with E-state index in [0.717, 1.165) is 19.3 Å². The van der Waals surface area contributed by atoms with Gasteiger partial charge in [-0.1, -0.05) is 6.07 Å². The second-order valence-corrected chi connectivity index (χ2v) is 7.95. The number of phenols is 1. The molecule has 7 nitrogen and oxygen atoms in total. The van der Waals surface area contributed by atoms with Gasteiger partial charge in [-0.15, -0.1) is 0 Å². The molecule has 1 atom stereocenters. The Bertz CT molecular complexity index is 948. The Morgan fingerprint density at radius 2 is 2.03 bits per heavy atom. The number of hydrogen-bond donors (Lipinski definition) is 1. The van der Waals surface area contributed by atoms with Gasteiger partial charge in [-0.3, -0.25) is 9.59 Å². The minimum atomic E-state index is -0.160. The molecule has 0 saturated carbocycles. The van der Waals surface area contributed by atoms with Crippen LogP contribution in [0.2, 0.25) is 0 Å². The Morgan fingerprint density at radius 3 is 2.74 bits per heavy atom. The number of ether oxygens (including phenoxy) is 3. The first-order valence-electron chi connectivity index (χ1n) is 10.2. The number of piperidine rings is 1. The van der Waals surface area contributed by atoms with Crippen molar-refractivity contribution in [3.8, 4) is 23.0 Å². The molecule has 1 unspecified atom stereocenters. The van der Waals surface area contributed by atoms with Crippen LogP contribution in [-0.4, -0.2) is 55.1 Å². The molecule has 1 aliphatic heterocycles. The van der Waals surface area contributed by atoms with Crippen LogP contribution < -0.4 is 14.2 Å². The van der Waals surface area contributed by atoms with E-state index in [1.165, 1.54) is 6.07 Å². The molecular formula is C23H26BrNO6. The smallest absolute Gasteiger partial charge is 0.255 e. The van der Waals surface area contributed by atoms with Crippen molar-refractivity contribution in [3.05, 3.63) is 45.9 Å². The normalized spacial score (nSPS) is 16.0. The number of carbonyl (C=O) groups excluding carboxylic acids is 2. The fourth-order valence-corrected chi connectivity index (χ4v) is 4.31. The quantitative estimate of drug-likeness (QED) is 0.549. The van der Waals surface area contributed by atoms with E-state index < -0.39 is 0 Å². The number of halogens is 1. The number of carbonyl (C=O) groups is 2. The predicted molar refractivity (Wildman–Crippen MR) is 120 cm³/mol. The van der Waals surface area contributed by atoms with Gasteiger partial charge in [0.1, 0.15) is 18.1 Å². The van der Waals surface area contributed by atoms with Crippen LogP contribution in [0.25, 0.3) is 0 Å². The van der Waals surface area contributed by atoms with E-state index in [0.29, 0.717) is 46.7 Å². The molecule has 0 radical (unpaired) electrons. The Kier molecular flexibility index (Phi) is 7.79.